The lowest BCUT2D eigenvalue weighted by molar-refractivity contribution is 0.329. The van der Waals surface area contributed by atoms with E-state index in [1.807, 2.05) is 6.08 Å². The van der Waals surface area contributed by atoms with E-state index >= 15 is 0 Å². The molecule has 0 aliphatic heterocycles. The van der Waals surface area contributed by atoms with E-state index in [0.717, 1.165) is 12.8 Å². The Labute approximate surface area is 37.3 Å². The summed E-state index contributed by atoms with van der Waals surface area (Å²) in [4.78, 5) is 0. The van der Waals surface area contributed by atoms with E-state index in [-0.39, 0.29) is 0 Å². The van der Waals surface area contributed by atoms with Gasteiger partial charge in [-0.3, -0.25) is 0 Å². The van der Waals surface area contributed by atoms with E-state index in [4.69, 9.17) is 5.11 Å². The molecule has 1 aliphatic carbocycles. The first-order valence-electron chi connectivity index (χ1n) is 2.11. The largest absolute Gasteiger partial charge is 0.382 e. The van der Waals surface area contributed by atoms with Crippen LogP contribution in [0.4, 0.5) is 0 Å². The average Bonchev–Trinajstić information content (AvgIpc) is 1.86. The van der Waals surface area contributed by atoms with Crippen molar-refractivity contribution in [2.75, 3.05) is 0 Å². The summed E-state index contributed by atoms with van der Waals surface area (Å²) in [5.41, 5.74) is 0. The summed E-state index contributed by atoms with van der Waals surface area (Å²) in [6, 6.07) is 0. The van der Waals surface area contributed by atoms with Gasteiger partial charge in [0.25, 0.3) is 0 Å². The molecule has 0 unspecified atom stereocenters. The van der Waals surface area contributed by atoms with Gasteiger partial charge in [-0.1, -0.05) is 12.2 Å². The second-order valence-corrected chi connectivity index (χ2v) is 1.43. The minimum Gasteiger partial charge on any atom is -0.382 e. The highest BCUT2D eigenvalue weighted by molar-refractivity contribution is 5.08. The molecule has 1 N–H and O–H groups in total. The van der Waals surface area contributed by atoms with Crippen LogP contribution in [0, 0.1) is 6.10 Å². The molecule has 0 saturated heterocycles. The molecule has 0 saturated carbocycles. The van der Waals surface area contributed by atoms with Gasteiger partial charge in [0, 0.05) is 0 Å². The molecular weight excluding hydrogens is 76.1 g/mol. The second kappa shape index (κ2) is 1.43. The molecule has 0 heterocycles. The summed E-state index contributed by atoms with van der Waals surface area (Å²) in [6.07, 6.45) is 6.11. The van der Waals surface area contributed by atoms with Crippen molar-refractivity contribution >= 4 is 0 Å². The molecule has 1 radical (unpaired) electrons. The Bertz CT molecular complexity index is 66.3. The van der Waals surface area contributed by atoms with Gasteiger partial charge in [-0.25, -0.2) is 0 Å². The molecule has 33 valence electrons. The van der Waals surface area contributed by atoms with Gasteiger partial charge in [0.05, 0.1) is 0 Å². The van der Waals surface area contributed by atoms with E-state index in [9.17, 15) is 0 Å². The maximum Gasteiger partial charge on any atom is 0.115 e. The van der Waals surface area contributed by atoms with Gasteiger partial charge in [-0.05, 0) is 12.8 Å². The Morgan fingerprint density at radius 2 is 2.50 bits per heavy atom. The third kappa shape index (κ3) is 0.601. The summed E-state index contributed by atoms with van der Waals surface area (Å²) in [6.45, 7) is 0. The van der Waals surface area contributed by atoms with E-state index in [0.29, 0.717) is 6.10 Å². The van der Waals surface area contributed by atoms with Crippen LogP contribution in [0.15, 0.2) is 12.2 Å². The van der Waals surface area contributed by atoms with Gasteiger partial charge in [0.2, 0.25) is 0 Å². The van der Waals surface area contributed by atoms with Gasteiger partial charge >= 0.3 is 0 Å². The first-order chi connectivity index (χ1) is 2.89. The first-order valence-corrected chi connectivity index (χ1v) is 2.11. The van der Waals surface area contributed by atoms with Crippen molar-refractivity contribution in [1.29, 1.82) is 0 Å². The lowest BCUT2D eigenvalue weighted by atomic mass is 10.3. The summed E-state index contributed by atoms with van der Waals surface area (Å²) in [7, 11) is 0. The molecule has 0 amide bonds. The number of rotatable bonds is 0. The number of aliphatic hydroxyl groups is 1. The van der Waals surface area contributed by atoms with Gasteiger partial charge < -0.3 is 5.11 Å². The highest BCUT2D eigenvalue weighted by atomic mass is 16.3. The maximum atomic E-state index is 8.56. The van der Waals surface area contributed by atoms with Crippen molar-refractivity contribution in [3.63, 3.8) is 0 Å². The van der Waals surface area contributed by atoms with Gasteiger partial charge in [0.1, 0.15) is 6.10 Å². The van der Waals surface area contributed by atoms with Crippen LogP contribution >= 0.6 is 0 Å². The molecule has 6 heavy (non-hydrogen) atoms. The first kappa shape index (κ1) is 3.88. The maximum absolute atomic E-state index is 8.56. The van der Waals surface area contributed by atoms with Crippen molar-refractivity contribution in [2.24, 2.45) is 0 Å². The Morgan fingerprint density at radius 1 is 1.67 bits per heavy atom. The molecular formula is C5H7O. The van der Waals surface area contributed by atoms with Crippen molar-refractivity contribution in [3.05, 3.63) is 18.3 Å². The predicted molar refractivity (Wildman–Crippen MR) is 23.6 cm³/mol. The Morgan fingerprint density at radius 3 is 2.67 bits per heavy atom. The zero-order valence-corrected chi connectivity index (χ0v) is 3.52. The van der Waals surface area contributed by atoms with Crippen molar-refractivity contribution in [3.8, 4) is 0 Å². The fraction of sp³-hybridized carbons (Fsp3) is 0.400. The van der Waals surface area contributed by atoms with Crippen LogP contribution in [0.25, 0.3) is 0 Å². The van der Waals surface area contributed by atoms with Crippen LogP contribution in [0.1, 0.15) is 12.8 Å². The monoisotopic (exact) mass is 83.0 g/mol. The van der Waals surface area contributed by atoms with Gasteiger partial charge in [-0.15, -0.1) is 0 Å². The highest BCUT2D eigenvalue weighted by Gasteiger charge is 2.02. The van der Waals surface area contributed by atoms with E-state index < -0.39 is 0 Å². The summed E-state index contributed by atoms with van der Waals surface area (Å²) < 4.78 is 0. The third-order valence-electron chi connectivity index (χ3n) is 0.877. The van der Waals surface area contributed by atoms with Crippen molar-refractivity contribution < 1.29 is 5.11 Å². The lowest BCUT2D eigenvalue weighted by Gasteiger charge is -1.87. The predicted octanol–water partition coefficient (Wildman–Crippen LogP) is 1.24. The van der Waals surface area contributed by atoms with Crippen LogP contribution in [-0.4, -0.2) is 5.11 Å². The normalized spacial score (nSPS) is 22.8. The van der Waals surface area contributed by atoms with E-state index in [1.54, 1.807) is 6.08 Å². The number of aliphatic hydroxyl groups excluding tert-OH is 1. The smallest absolute Gasteiger partial charge is 0.115 e. The lowest BCUT2D eigenvalue weighted by Crippen LogP contribution is -1.80. The van der Waals surface area contributed by atoms with Gasteiger partial charge in [-0.2, -0.15) is 0 Å². The summed E-state index contributed by atoms with van der Waals surface area (Å²) in [5.74, 6) is 0. The van der Waals surface area contributed by atoms with Crippen LogP contribution in [0.2, 0.25) is 0 Å². The fourth-order valence-electron chi connectivity index (χ4n) is 0.534. The fourth-order valence-corrected chi connectivity index (χ4v) is 0.534. The van der Waals surface area contributed by atoms with Crippen LogP contribution in [-0.2, 0) is 0 Å². The molecule has 0 fully saturated rings. The second-order valence-electron chi connectivity index (χ2n) is 1.43. The molecule has 0 aromatic carbocycles. The van der Waals surface area contributed by atoms with Crippen LogP contribution in [0.5, 0.6) is 0 Å². The Balaban J connectivity index is 2.38. The van der Waals surface area contributed by atoms with E-state index in [2.05, 4.69) is 0 Å². The SMILES string of the molecule is O[C]1C=CCC1. The zero-order chi connectivity index (χ0) is 4.41. The molecule has 1 heteroatoms. The topological polar surface area (TPSA) is 20.2 Å². The molecule has 1 rings (SSSR count). The van der Waals surface area contributed by atoms with Crippen LogP contribution < -0.4 is 0 Å². The minimum absolute atomic E-state index is 0.523. The standard InChI is InChI=1S/C5H7O/c6-5-3-1-2-4-5/h1,3,6H,2,4H2. The van der Waals surface area contributed by atoms with E-state index in [1.165, 1.54) is 0 Å². The molecule has 1 nitrogen and oxygen atoms in total. The summed E-state index contributed by atoms with van der Waals surface area (Å²) >= 11 is 0. The zero-order valence-electron chi connectivity index (χ0n) is 3.52. The molecule has 0 aromatic heterocycles. The highest BCUT2D eigenvalue weighted by Crippen LogP contribution is 2.14. The molecule has 1 aliphatic rings. The number of hydrogen-bond donors (Lipinski definition) is 1. The van der Waals surface area contributed by atoms with Gasteiger partial charge in [0.15, 0.2) is 0 Å². The van der Waals surface area contributed by atoms with Crippen molar-refractivity contribution in [2.45, 2.75) is 12.8 Å². The molecule has 0 spiro atoms. The number of allylic oxidation sites excluding steroid dienone is 1. The Kier molecular flexibility index (Phi) is 0.926. The molecule has 0 aromatic rings. The quantitative estimate of drug-likeness (QED) is 0.467. The van der Waals surface area contributed by atoms with Crippen LogP contribution in [0.3, 0.4) is 0 Å². The Hall–Kier alpha value is -0.300. The average molecular weight is 83.1 g/mol. The molecule has 0 bridgehead atoms. The number of hydrogen-bond acceptors (Lipinski definition) is 1. The summed E-state index contributed by atoms with van der Waals surface area (Å²) in [5, 5.41) is 8.56. The molecule has 0 atom stereocenters. The third-order valence-corrected chi connectivity index (χ3v) is 0.877. The van der Waals surface area contributed by atoms with Crippen molar-refractivity contribution in [1.82, 2.24) is 0 Å². The minimum atomic E-state index is 0.523.